The molecule has 0 saturated heterocycles. The fourth-order valence-corrected chi connectivity index (χ4v) is 2.19. The maximum atomic E-state index is 5.18. The minimum absolute atomic E-state index is 0.540. The standard InChI is InChI=1S/C12H16BrNO/c1-2-15-14-12-7-10(8-12)9-3-5-11(13)6-4-9/h3-6,10,12,14H,2,7-8H2,1H3. The Balaban J connectivity index is 1.81. The van der Waals surface area contributed by atoms with Gasteiger partial charge in [-0.3, -0.25) is 0 Å². The average molecular weight is 270 g/mol. The summed E-state index contributed by atoms with van der Waals surface area (Å²) in [6.07, 6.45) is 2.36. The molecule has 1 aromatic rings. The van der Waals surface area contributed by atoms with E-state index in [0.717, 1.165) is 11.1 Å². The molecular formula is C12H16BrNO. The molecule has 1 saturated carbocycles. The van der Waals surface area contributed by atoms with Crippen LogP contribution in [-0.2, 0) is 4.84 Å². The number of hydrogen-bond donors (Lipinski definition) is 1. The van der Waals surface area contributed by atoms with Gasteiger partial charge in [-0.1, -0.05) is 28.1 Å². The average Bonchev–Trinajstić information content (AvgIpc) is 2.18. The van der Waals surface area contributed by atoms with Crippen molar-refractivity contribution in [1.82, 2.24) is 5.48 Å². The van der Waals surface area contributed by atoms with Gasteiger partial charge in [-0.2, -0.15) is 5.48 Å². The largest absolute Gasteiger partial charge is 0.302 e. The van der Waals surface area contributed by atoms with E-state index in [1.165, 1.54) is 18.4 Å². The molecule has 15 heavy (non-hydrogen) atoms. The molecule has 82 valence electrons. The third kappa shape index (κ3) is 2.80. The number of rotatable bonds is 4. The highest BCUT2D eigenvalue weighted by molar-refractivity contribution is 9.10. The van der Waals surface area contributed by atoms with Gasteiger partial charge in [0.05, 0.1) is 6.61 Å². The van der Waals surface area contributed by atoms with Gasteiger partial charge in [0.2, 0.25) is 0 Å². The zero-order chi connectivity index (χ0) is 10.7. The van der Waals surface area contributed by atoms with Crippen molar-refractivity contribution in [2.75, 3.05) is 6.61 Å². The van der Waals surface area contributed by atoms with E-state index in [1.807, 2.05) is 6.92 Å². The van der Waals surface area contributed by atoms with Crippen molar-refractivity contribution in [3.8, 4) is 0 Å². The maximum Gasteiger partial charge on any atom is 0.0654 e. The van der Waals surface area contributed by atoms with Crippen molar-refractivity contribution in [1.29, 1.82) is 0 Å². The minimum Gasteiger partial charge on any atom is -0.302 e. The van der Waals surface area contributed by atoms with Gasteiger partial charge in [-0.25, -0.2) is 0 Å². The Morgan fingerprint density at radius 1 is 1.33 bits per heavy atom. The zero-order valence-electron chi connectivity index (χ0n) is 8.87. The molecule has 0 unspecified atom stereocenters. The molecule has 1 aromatic carbocycles. The van der Waals surface area contributed by atoms with E-state index in [9.17, 15) is 0 Å². The van der Waals surface area contributed by atoms with E-state index in [4.69, 9.17) is 4.84 Å². The second kappa shape index (κ2) is 5.10. The molecule has 0 amide bonds. The van der Waals surface area contributed by atoms with Gasteiger partial charge >= 0.3 is 0 Å². The summed E-state index contributed by atoms with van der Waals surface area (Å²) in [6.45, 7) is 2.73. The maximum absolute atomic E-state index is 5.18. The van der Waals surface area contributed by atoms with Crippen LogP contribution in [-0.4, -0.2) is 12.6 Å². The first-order valence-electron chi connectivity index (χ1n) is 5.42. The summed E-state index contributed by atoms with van der Waals surface area (Å²) in [5.74, 6) is 0.705. The Morgan fingerprint density at radius 3 is 2.60 bits per heavy atom. The minimum atomic E-state index is 0.540. The molecule has 1 fully saturated rings. The van der Waals surface area contributed by atoms with E-state index in [2.05, 4.69) is 45.7 Å². The number of hydroxylamine groups is 1. The highest BCUT2D eigenvalue weighted by atomic mass is 79.9. The van der Waals surface area contributed by atoms with Crippen molar-refractivity contribution >= 4 is 15.9 Å². The second-order valence-corrected chi connectivity index (χ2v) is 4.88. The second-order valence-electron chi connectivity index (χ2n) is 3.97. The van der Waals surface area contributed by atoms with Crippen molar-refractivity contribution in [2.24, 2.45) is 0 Å². The summed E-state index contributed by atoms with van der Waals surface area (Å²) < 4.78 is 1.15. The number of halogens is 1. The zero-order valence-corrected chi connectivity index (χ0v) is 10.5. The van der Waals surface area contributed by atoms with Crippen LogP contribution in [0.3, 0.4) is 0 Å². The summed E-state index contributed by atoms with van der Waals surface area (Å²) in [4.78, 5) is 5.18. The molecule has 1 aliphatic carbocycles. The van der Waals surface area contributed by atoms with Crippen LogP contribution in [0.2, 0.25) is 0 Å². The molecule has 1 N–H and O–H groups in total. The van der Waals surface area contributed by atoms with Gasteiger partial charge in [0, 0.05) is 10.5 Å². The molecule has 3 heteroatoms. The number of nitrogens with one attached hydrogen (secondary N) is 1. The Hall–Kier alpha value is -0.380. The molecule has 0 radical (unpaired) electrons. The third-order valence-electron chi connectivity index (χ3n) is 2.87. The van der Waals surface area contributed by atoms with Crippen LogP contribution in [0.5, 0.6) is 0 Å². The Bertz CT molecular complexity index is 306. The first-order chi connectivity index (χ1) is 7.29. The summed E-state index contributed by atoms with van der Waals surface area (Å²) in [7, 11) is 0. The van der Waals surface area contributed by atoms with Gasteiger partial charge in [0.1, 0.15) is 0 Å². The summed E-state index contributed by atoms with van der Waals surface area (Å²) in [5, 5.41) is 0. The highest BCUT2D eigenvalue weighted by Gasteiger charge is 2.30. The fourth-order valence-electron chi connectivity index (χ4n) is 1.92. The number of hydrogen-bond acceptors (Lipinski definition) is 2. The SMILES string of the molecule is CCONC1CC(c2ccc(Br)cc2)C1. The summed E-state index contributed by atoms with van der Waals surface area (Å²) >= 11 is 3.45. The first kappa shape index (κ1) is 11.1. The Labute approximate surface area is 99.1 Å². The molecule has 0 atom stereocenters. The van der Waals surface area contributed by atoms with Crippen LogP contribution in [0.15, 0.2) is 28.7 Å². The van der Waals surface area contributed by atoms with Crippen LogP contribution in [0.4, 0.5) is 0 Å². The predicted octanol–water partition coefficient (Wildman–Crippen LogP) is 3.24. The molecular weight excluding hydrogens is 254 g/mol. The molecule has 2 nitrogen and oxygen atoms in total. The van der Waals surface area contributed by atoms with Gasteiger partial charge in [0.25, 0.3) is 0 Å². The van der Waals surface area contributed by atoms with Crippen LogP contribution >= 0.6 is 15.9 Å². The smallest absolute Gasteiger partial charge is 0.0654 e. The van der Waals surface area contributed by atoms with Crippen molar-refractivity contribution in [2.45, 2.75) is 31.7 Å². The number of benzene rings is 1. The van der Waals surface area contributed by atoms with E-state index in [1.54, 1.807) is 0 Å². The summed E-state index contributed by atoms with van der Waals surface area (Å²) in [6, 6.07) is 9.16. The fraction of sp³-hybridized carbons (Fsp3) is 0.500. The van der Waals surface area contributed by atoms with E-state index in [-0.39, 0.29) is 0 Å². The molecule has 0 aliphatic heterocycles. The van der Waals surface area contributed by atoms with Gasteiger partial charge < -0.3 is 4.84 Å². The lowest BCUT2D eigenvalue weighted by atomic mass is 9.76. The van der Waals surface area contributed by atoms with Crippen LogP contribution < -0.4 is 5.48 Å². The third-order valence-corrected chi connectivity index (χ3v) is 3.40. The van der Waals surface area contributed by atoms with E-state index >= 15 is 0 Å². The lowest BCUT2D eigenvalue weighted by Gasteiger charge is -2.35. The molecule has 0 heterocycles. The summed E-state index contributed by atoms with van der Waals surface area (Å²) in [5.41, 5.74) is 4.51. The van der Waals surface area contributed by atoms with E-state index < -0.39 is 0 Å². The van der Waals surface area contributed by atoms with Crippen LogP contribution in [0, 0.1) is 0 Å². The van der Waals surface area contributed by atoms with Gasteiger partial charge in [-0.15, -0.1) is 0 Å². The molecule has 2 rings (SSSR count). The van der Waals surface area contributed by atoms with Crippen LogP contribution in [0.1, 0.15) is 31.2 Å². The van der Waals surface area contributed by atoms with Gasteiger partial charge in [-0.05, 0) is 43.4 Å². The lowest BCUT2D eigenvalue weighted by Crippen LogP contribution is -2.39. The van der Waals surface area contributed by atoms with Crippen molar-refractivity contribution in [3.05, 3.63) is 34.3 Å². The van der Waals surface area contributed by atoms with Crippen molar-refractivity contribution in [3.63, 3.8) is 0 Å². The predicted molar refractivity (Wildman–Crippen MR) is 64.7 cm³/mol. The highest BCUT2D eigenvalue weighted by Crippen LogP contribution is 2.37. The molecule has 0 aromatic heterocycles. The van der Waals surface area contributed by atoms with Crippen molar-refractivity contribution < 1.29 is 4.84 Å². The normalized spacial score (nSPS) is 24.9. The van der Waals surface area contributed by atoms with Crippen LogP contribution in [0.25, 0.3) is 0 Å². The lowest BCUT2D eigenvalue weighted by molar-refractivity contribution is -0.00157. The Kier molecular flexibility index (Phi) is 3.78. The molecule has 0 spiro atoms. The van der Waals surface area contributed by atoms with Gasteiger partial charge in [0.15, 0.2) is 0 Å². The topological polar surface area (TPSA) is 21.3 Å². The molecule has 0 bridgehead atoms. The monoisotopic (exact) mass is 269 g/mol. The molecule has 1 aliphatic rings. The quantitative estimate of drug-likeness (QED) is 0.848. The Morgan fingerprint density at radius 2 is 2.00 bits per heavy atom. The van der Waals surface area contributed by atoms with E-state index in [0.29, 0.717) is 12.0 Å². The first-order valence-corrected chi connectivity index (χ1v) is 6.21.